The fourth-order valence-electron chi connectivity index (χ4n) is 3.55. The van der Waals surface area contributed by atoms with Crippen molar-refractivity contribution in [3.63, 3.8) is 0 Å². The maximum absolute atomic E-state index is 13.1. The molecule has 0 saturated carbocycles. The van der Waals surface area contributed by atoms with Crippen molar-refractivity contribution < 1.29 is 4.79 Å². The van der Waals surface area contributed by atoms with Crippen LogP contribution >= 0.6 is 23.2 Å². The Balaban J connectivity index is 1.78. The second-order valence-electron chi connectivity index (χ2n) is 6.49. The topological polar surface area (TPSA) is 32.7 Å². The Morgan fingerprint density at radius 2 is 1.54 bits per heavy atom. The molecule has 3 nitrogen and oxygen atoms in total. The summed E-state index contributed by atoms with van der Waals surface area (Å²) in [5.74, 6) is 0.519. The largest absolute Gasteiger partial charge is 0.317 e. The number of aliphatic imine (C=N–C) groups is 1. The molecule has 2 aliphatic rings. The van der Waals surface area contributed by atoms with Gasteiger partial charge in [-0.3, -0.25) is 4.79 Å². The number of hydrogen-bond donors (Lipinski definition) is 0. The molecule has 2 aromatic carbocycles. The summed E-state index contributed by atoms with van der Waals surface area (Å²) in [6, 6.07) is 15.2. The second kappa shape index (κ2) is 6.75. The minimum Gasteiger partial charge on any atom is -0.317 e. The van der Waals surface area contributed by atoms with Crippen LogP contribution in [0, 0.1) is 0 Å². The molecule has 0 atom stereocenters. The molecule has 5 heteroatoms. The summed E-state index contributed by atoms with van der Waals surface area (Å²) in [6.07, 6.45) is 8.59. The molecule has 0 spiro atoms. The van der Waals surface area contributed by atoms with Crippen molar-refractivity contribution in [1.82, 2.24) is 4.90 Å². The van der Waals surface area contributed by atoms with Gasteiger partial charge < -0.3 is 4.90 Å². The highest BCUT2D eigenvalue weighted by atomic mass is 35.5. The van der Waals surface area contributed by atoms with Crippen LogP contribution < -0.4 is 0 Å². The van der Waals surface area contributed by atoms with Gasteiger partial charge in [-0.1, -0.05) is 53.5 Å². The summed E-state index contributed by atoms with van der Waals surface area (Å²) >= 11 is 12.3. The van der Waals surface area contributed by atoms with Gasteiger partial charge in [0.2, 0.25) is 0 Å². The van der Waals surface area contributed by atoms with Gasteiger partial charge in [0.05, 0.1) is 0 Å². The monoisotopic (exact) mass is 382 g/mol. The van der Waals surface area contributed by atoms with Crippen LogP contribution in [0.4, 0.5) is 0 Å². The van der Waals surface area contributed by atoms with E-state index in [9.17, 15) is 4.79 Å². The molecule has 0 radical (unpaired) electrons. The molecule has 2 aromatic rings. The highest BCUT2D eigenvalue weighted by Crippen LogP contribution is 2.35. The molecule has 130 valence electrons. The van der Waals surface area contributed by atoms with E-state index in [1.54, 1.807) is 0 Å². The lowest BCUT2D eigenvalue weighted by Crippen LogP contribution is -2.52. The molecule has 0 N–H and O–H groups in total. The first-order valence-electron chi connectivity index (χ1n) is 8.33. The van der Waals surface area contributed by atoms with Crippen LogP contribution in [0.15, 0.2) is 78.0 Å². The summed E-state index contributed by atoms with van der Waals surface area (Å²) in [7, 11) is 0. The fraction of sp³-hybridized carbons (Fsp3) is 0.143. The maximum atomic E-state index is 13.1. The Hall–Kier alpha value is -2.36. The van der Waals surface area contributed by atoms with Crippen LogP contribution in [0.25, 0.3) is 0 Å². The van der Waals surface area contributed by atoms with Crippen LogP contribution in [0.1, 0.15) is 11.1 Å². The fourth-order valence-corrected chi connectivity index (χ4v) is 3.98. The minimum absolute atomic E-state index is 0.149. The van der Waals surface area contributed by atoms with Gasteiger partial charge in [-0.25, -0.2) is 0 Å². The Morgan fingerprint density at radius 3 is 2.12 bits per heavy atom. The predicted octanol–water partition coefficient (Wildman–Crippen LogP) is 4.84. The molecule has 0 unspecified atom stereocenters. The van der Waals surface area contributed by atoms with Crippen LogP contribution in [0.2, 0.25) is 10.0 Å². The molecule has 0 aromatic heterocycles. The summed E-state index contributed by atoms with van der Waals surface area (Å²) in [5, 5.41) is 1.31. The Morgan fingerprint density at radius 1 is 0.923 bits per heavy atom. The zero-order valence-corrected chi connectivity index (χ0v) is 15.4. The van der Waals surface area contributed by atoms with Gasteiger partial charge in [0.25, 0.3) is 5.91 Å². The van der Waals surface area contributed by atoms with Gasteiger partial charge in [0, 0.05) is 29.1 Å². The number of allylic oxidation sites excluding steroid dienone is 2. The van der Waals surface area contributed by atoms with E-state index in [1.165, 1.54) is 0 Å². The van der Waals surface area contributed by atoms with E-state index in [0.29, 0.717) is 28.7 Å². The number of amidine groups is 1. The number of fused-ring (bicyclic) bond motifs is 1. The van der Waals surface area contributed by atoms with Gasteiger partial charge in [0.15, 0.2) is 0 Å². The third-order valence-electron chi connectivity index (χ3n) is 4.68. The molecular formula is C21H16Cl2N2O. The average molecular weight is 383 g/mol. The zero-order valence-electron chi connectivity index (χ0n) is 13.9. The number of nitrogens with zero attached hydrogens (tertiary/aromatic N) is 2. The van der Waals surface area contributed by atoms with Gasteiger partial charge >= 0.3 is 0 Å². The predicted molar refractivity (Wildman–Crippen MR) is 106 cm³/mol. The van der Waals surface area contributed by atoms with E-state index >= 15 is 0 Å². The third-order valence-corrected chi connectivity index (χ3v) is 5.16. The molecule has 0 fully saturated rings. The van der Waals surface area contributed by atoms with E-state index < -0.39 is 5.54 Å². The van der Waals surface area contributed by atoms with Crippen LogP contribution in [0.5, 0.6) is 0 Å². The van der Waals surface area contributed by atoms with Crippen molar-refractivity contribution >= 4 is 34.9 Å². The number of amides is 1. The van der Waals surface area contributed by atoms with Gasteiger partial charge in [-0.05, 0) is 47.5 Å². The molecule has 2 heterocycles. The number of hydrogen-bond acceptors (Lipinski definition) is 2. The minimum atomic E-state index is -0.827. The quantitative estimate of drug-likeness (QED) is 0.757. The zero-order chi connectivity index (χ0) is 18.1. The Bertz CT molecular complexity index is 914. The lowest BCUT2D eigenvalue weighted by Gasteiger charge is -2.37. The maximum Gasteiger partial charge on any atom is 0.274 e. The Kier molecular flexibility index (Phi) is 4.43. The highest BCUT2D eigenvalue weighted by molar-refractivity contribution is 6.31. The van der Waals surface area contributed by atoms with Crippen molar-refractivity contribution in [2.24, 2.45) is 4.99 Å². The van der Waals surface area contributed by atoms with E-state index in [-0.39, 0.29) is 5.91 Å². The molecule has 0 bridgehead atoms. The normalized spacial score (nSPS) is 17.4. The van der Waals surface area contributed by atoms with E-state index in [2.05, 4.69) is 4.99 Å². The smallest absolute Gasteiger partial charge is 0.274 e. The van der Waals surface area contributed by atoms with Crippen molar-refractivity contribution in [3.05, 3.63) is 94.1 Å². The summed E-state index contributed by atoms with van der Waals surface area (Å²) in [5.41, 5.74) is 1.16. The summed E-state index contributed by atoms with van der Waals surface area (Å²) < 4.78 is 0. The third kappa shape index (κ3) is 3.09. The SMILES string of the molecule is O=C1N=C2C=CC=CN2C1(Cc1cccc(Cl)c1)Cc1cccc(Cl)c1. The number of halogens is 2. The van der Waals surface area contributed by atoms with Gasteiger partial charge in [0.1, 0.15) is 11.4 Å². The first-order chi connectivity index (χ1) is 12.6. The van der Waals surface area contributed by atoms with Crippen LogP contribution in [-0.2, 0) is 17.6 Å². The van der Waals surface area contributed by atoms with E-state index in [0.717, 1.165) is 11.1 Å². The van der Waals surface area contributed by atoms with Gasteiger partial charge in [-0.15, -0.1) is 0 Å². The number of benzene rings is 2. The molecule has 1 amide bonds. The van der Waals surface area contributed by atoms with Gasteiger partial charge in [-0.2, -0.15) is 4.99 Å². The van der Waals surface area contributed by atoms with Crippen molar-refractivity contribution in [2.45, 2.75) is 18.4 Å². The van der Waals surface area contributed by atoms with E-state index in [4.69, 9.17) is 23.2 Å². The molecule has 26 heavy (non-hydrogen) atoms. The van der Waals surface area contributed by atoms with Crippen molar-refractivity contribution in [1.29, 1.82) is 0 Å². The Labute approximate surface area is 162 Å². The molecule has 0 saturated heterocycles. The molecule has 4 rings (SSSR count). The standard InChI is InChI=1S/C21H16Cl2N2O/c22-17-7-3-5-15(11-17)13-21(14-16-6-4-8-18(23)12-16)20(26)24-19-9-1-2-10-25(19)21/h1-12H,13-14H2. The summed E-state index contributed by atoms with van der Waals surface area (Å²) in [6.45, 7) is 0. The lowest BCUT2D eigenvalue weighted by atomic mass is 9.83. The first kappa shape index (κ1) is 17.1. The molecule has 0 aliphatic carbocycles. The molecular weight excluding hydrogens is 367 g/mol. The van der Waals surface area contributed by atoms with E-state index in [1.807, 2.05) is 77.9 Å². The number of carbonyl (C=O) groups excluding carboxylic acids is 1. The lowest BCUT2D eigenvalue weighted by molar-refractivity contribution is -0.124. The second-order valence-corrected chi connectivity index (χ2v) is 7.36. The first-order valence-corrected chi connectivity index (χ1v) is 9.09. The molecule has 2 aliphatic heterocycles. The van der Waals surface area contributed by atoms with Crippen molar-refractivity contribution in [2.75, 3.05) is 0 Å². The number of carbonyl (C=O) groups is 1. The summed E-state index contributed by atoms with van der Waals surface area (Å²) in [4.78, 5) is 19.3. The number of rotatable bonds is 4. The van der Waals surface area contributed by atoms with Crippen LogP contribution in [0.3, 0.4) is 0 Å². The van der Waals surface area contributed by atoms with Crippen molar-refractivity contribution in [3.8, 4) is 0 Å². The van der Waals surface area contributed by atoms with Crippen LogP contribution in [-0.4, -0.2) is 22.2 Å². The highest BCUT2D eigenvalue weighted by Gasteiger charge is 2.49. The average Bonchev–Trinajstić information content (AvgIpc) is 2.87.